The van der Waals surface area contributed by atoms with Crippen molar-refractivity contribution in [2.75, 3.05) is 0 Å². The molecule has 0 fully saturated rings. The van der Waals surface area contributed by atoms with Gasteiger partial charge in [-0.1, -0.05) is 0 Å². The minimum atomic E-state index is -0.509. The van der Waals surface area contributed by atoms with Crippen LogP contribution in [0.25, 0.3) is 0 Å². The van der Waals surface area contributed by atoms with Gasteiger partial charge in [0.05, 0.1) is 6.04 Å². The highest BCUT2D eigenvalue weighted by Crippen LogP contribution is 1.64. The van der Waals surface area contributed by atoms with Crippen LogP contribution < -0.4 is 11.5 Å². The molecule has 0 aromatic carbocycles. The van der Waals surface area contributed by atoms with Gasteiger partial charge in [-0.3, -0.25) is 4.79 Å². The summed E-state index contributed by atoms with van der Waals surface area (Å²) in [6.45, 7) is 1.54. The smallest absolute Gasteiger partial charge is 0.234 e. The molecular weight excluding hydrogens is 151 g/mol. The first-order valence-corrected chi connectivity index (χ1v) is 1.69. The van der Waals surface area contributed by atoms with Crippen LogP contribution in [0.4, 0.5) is 0 Å². The summed E-state index contributed by atoms with van der Waals surface area (Å²) >= 11 is 0. The fraction of sp³-hybridized carbons (Fsp3) is 0.667. The fourth-order valence-electron chi connectivity index (χ4n) is 0. The lowest BCUT2D eigenvalue weighted by molar-refractivity contribution is -0.118. The van der Waals surface area contributed by atoms with Gasteiger partial charge < -0.3 is 11.5 Å². The topological polar surface area (TPSA) is 69.1 Å². The van der Waals surface area contributed by atoms with Gasteiger partial charge in [-0.2, -0.15) is 0 Å². The highest BCUT2D eigenvalue weighted by Gasteiger charge is 1.96. The lowest BCUT2D eigenvalue weighted by atomic mass is 10.4. The summed E-state index contributed by atoms with van der Waals surface area (Å²) in [5.41, 5.74) is 9.63. The van der Waals surface area contributed by atoms with Gasteiger partial charge in [0.25, 0.3) is 0 Å². The van der Waals surface area contributed by atoms with E-state index >= 15 is 0 Å². The van der Waals surface area contributed by atoms with Gasteiger partial charge in [0.15, 0.2) is 0 Å². The van der Waals surface area contributed by atoms with Crippen molar-refractivity contribution in [1.29, 1.82) is 0 Å². The van der Waals surface area contributed by atoms with Gasteiger partial charge >= 0.3 is 0 Å². The van der Waals surface area contributed by atoms with Crippen molar-refractivity contribution < 1.29 is 4.79 Å². The third-order valence-electron chi connectivity index (χ3n) is 0.449. The summed E-state index contributed by atoms with van der Waals surface area (Å²) in [7, 11) is 0. The molecule has 0 spiro atoms. The SMILES string of the molecule is C[C@H](N)C(N)=O.Cl.Cl. The van der Waals surface area contributed by atoms with E-state index in [0.717, 1.165) is 0 Å². The zero-order valence-electron chi connectivity index (χ0n) is 4.46. The fourth-order valence-corrected chi connectivity index (χ4v) is 0. The first-order valence-electron chi connectivity index (χ1n) is 1.69. The van der Waals surface area contributed by atoms with Gasteiger partial charge in [0, 0.05) is 0 Å². The predicted molar refractivity (Wildman–Crippen MR) is 37.3 cm³/mol. The number of hydrogen-bond donors (Lipinski definition) is 2. The monoisotopic (exact) mass is 160 g/mol. The predicted octanol–water partition coefficient (Wildman–Crippen LogP) is -0.338. The number of rotatable bonds is 1. The molecule has 0 saturated heterocycles. The Kier molecular flexibility index (Phi) is 13.7. The maximum Gasteiger partial charge on any atom is 0.234 e. The van der Waals surface area contributed by atoms with Crippen LogP contribution in [0.15, 0.2) is 0 Å². The molecule has 4 N–H and O–H groups in total. The van der Waals surface area contributed by atoms with Gasteiger partial charge in [0.1, 0.15) is 0 Å². The normalized spacial score (nSPS) is 10.2. The molecule has 1 atom stereocenters. The van der Waals surface area contributed by atoms with Gasteiger partial charge in [0.2, 0.25) is 5.91 Å². The van der Waals surface area contributed by atoms with Crippen LogP contribution in [-0.4, -0.2) is 11.9 Å². The molecule has 0 aromatic rings. The number of primary amides is 1. The summed E-state index contributed by atoms with van der Waals surface area (Å²) < 4.78 is 0. The van der Waals surface area contributed by atoms with Crippen LogP contribution in [-0.2, 0) is 4.79 Å². The third kappa shape index (κ3) is 9.38. The van der Waals surface area contributed by atoms with E-state index in [1.54, 1.807) is 6.92 Å². The molecular formula is C3H10Cl2N2O. The third-order valence-corrected chi connectivity index (χ3v) is 0.449. The van der Waals surface area contributed by atoms with E-state index in [4.69, 9.17) is 5.73 Å². The summed E-state index contributed by atoms with van der Waals surface area (Å²) in [5, 5.41) is 0. The Morgan fingerprint density at radius 2 is 1.62 bits per heavy atom. The Hall–Kier alpha value is 0.01000. The maximum atomic E-state index is 9.80. The Morgan fingerprint density at radius 1 is 1.50 bits per heavy atom. The lowest BCUT2D eigenvalue weighted by Crippen LogP contribution is -2.32. The molecule has 0 aromatic heterocycles. The molecule has 8 heavy (non-hydrogen) atoms. The van der Waals surface area contributed by atoms with Crippen LogP contribution in [0.3, 0.4) is 0 Å². The van der Waals surface area contributed by atoms with Crippen molar-refractivity contribution in [1.82, 2.24) is 0 Å². The van der Waals surface area contributed by atoms with Crippen molar-refractivity contribution in [3.8, 4) is 0 Å². The molecule has 0 aliphatic rings. The Balaban J connectivity index is -0.000000125. The second-order valence-corrected chi connectivity index (χ2v) is 1.19. The van der Waals surface area contributed by atoms with Gasteiger partial charge in [-0.05, 0) is 6.92 Å². The van der Waals surface area contributed by atoms with Crippen LogP contribution in [0.5, 0.6) is 0 Å². The first kappa shape index (κ1) is 15.7. The minimum Gasteiger partial charge on any atom is -0.368 e. The number of amides is 1. The average Bonchev–Trinajstić information content (AvgIpc) is 1.36. The molecule has 52 valence electrons. The Labute approximate surface area is 60.6 Å². The van der Waals surface area contributed by atoms with Crippen LogP contribution in [0.2, 0.25) is 0 Å². The standard InChI is InChI=1S/C3H8N2O.2ClH/c1-2(4)3(5)6;;/h2H,4H2,1H3,(H2,5,6);2*1H/t2-;;/m0../s1. The zero-order chi connectivity index (χ0) is 5.15. The largest absolute Gasteiger partial charge is 0.368 e. The number of carbonyl (C=O) groups excluding carboxylic acids is 1. The average molecular weight is 161 g/mol. The highest BCUT2D eigenvalue weighted by atomic mass is 35.5. The quantitative estimate of drug-likeness (QED) is 0.552. The highest BCUT2D eigenvalue weighted by molar-refractivity contribution is 5.85. The lowest BCUT2D eigenvalue weighted by Gasteiger charge is -1.91. The summed E-state index contributed by atoms with van der Waals surface area (Å²) in [4.78, 5) is 9.80. The van der Waals surface area contributed by atoms with E-state index in [9.17, 15) is 4.79 Å². The maximum absolute atomic E-state index is 9.80. The molecule has 3 nitrogen and oxygen atoms in total. The Morgan fingerprint density at radius 3 is 1.62 bits per heavy atom. The van der Waals surface area contributed by atoms with E-state index in [-0.39, 0.29) is 24.8 Å². The number of nitrogens with two attached hydrogens (primary N) is 2. The van der Waals surface area contributed by atoms with Gasteiger partial charge in [-0.15, -0.1) is 24.8 Å². The zero-order valence-corrected chi connectivity index (χ0v) is 6.09. The molecule has 0 radical (unpaired) electrons. The van der Waals surface area contributed by atoms with E-state index in [2.05, 4.69) is 5.73 Å². The van der Waals surface area contributed by atoms with E-state index < -0.39 is 11.9 Å². The summed E-state index contributed by atoms with van der Waals surface area (Å²) in [5.74, 6) is -0.463. The van der Waals surface area contributed by atoms with Crippen molar-refractivity contribution >= 4 is 30.7 Å². The van der Waals surface area contributed by atoms with Crippen molar-refractivity contribution in [2.24, 2.45) is 11.5 Å². The molecule has 1 amide bonds. The molecule has 0 aliphatic heterocycles. The van der Waals surface area contributed by atoms with Crippen LogP contribution in [0, 0.1) is 0 Å². The molecule has 0 bridgehead atoms. The Bertz CT molecular complexity index is 66.3. The van der Waals surface area contributed by atoms with Crippen LogP contribution >= 0.6 is 24.8 Å². The van der Waals surface area contributed by atoms with E-state index in [1.165, 1.54) is 0 Å². The number of carbonyl (C=O) groups is 1. The second-order valence-electron chi connectivity index (χ2n) is 1.19. The van der Waals surface area contributed by atoms with E-state index in [1.807, 2.05) is 0 Å². The van der Waals surface area contributed by atoms with Gasteiger partial charge in [-0.25, -0.2) is 0 Å². The van der Waals surface area contributed by atoms with Crippen molar-refractivity contribution in [3.05, 3.63) is 0 Å². The second kappa shape index (κ2) is 7.01. The molecule has 0 aliphatic carbocycles. The summed E-state index contributed by atoms with van der Waals surface area (Å²) in [6.07, 6.45) is 0. The van der Waals surface area contributed by atoms with Crippen LogP contribution in [0.1, 0.15) is 6.92 Å². The number of halogens is 2. The molecule has 0 unspecified atom stereocenters. The molecule has 0 heterocycles. The molecule has 0 rings (SSSR count). The molecule has 0 saturated carbocycles. The van der Waals surface area contributed by atoms with Crippen molar-refractivity contribution in [3.63, 3.8) is 0 Å². The molecule has 5 heteroatoms. The summed E-state index contributed by atoms with van der Waals surface area (Å²) in [6, 6.07) is -0.509. The van der Waals surface area contributed by atoms with E-state index in [0.29, 0.717) is 0 Å². The van der Waals surface area contributed by atoms with Crippen molar-refractivity contribution in [2.45, 2.75) is 13.0 Å². The minimum absolute atomic E-state index is 0. The number of hydrogen-bond acceptors (Lipinski definition) is 2. The first-order chi connectivity index (χ1) is 2.64.